The summed E-state index contributed by atoms with van der Waals surface area (Å²) in [6.07, 6.45) is -3.13. The number of anilines is 1. The largest absolute Gasteiger partial charge is 0.477 e. The summed E-state index contributed by atoms with van der Waals surface area (Å²) in [7, 11) is 0. The average Bonchev–Trinajstić information content (AvgIpc) is 3.51. The van der Waals surface area contributed by atoms with Gasteiger partial charge >= 0.3 is 12.1 Å². The zero-order valence-corrected chi connectivity index (χ0v) is 21.8. The van der Waals surface area contributed by atoms with Crippen LogP contribution in [-0.4, -0.2) is 98.8 Å². The van der Waals surface area contributed by atoms with Gasteiger partial charge in [0.25, 0.3) is 11.8 Å². The second-order valence-corrected chi connectivity index (χ2v) is 10.5. The molecule has 0 spiro atoms. The van der Waals surface area contributed by atoms with Crippen molar-refractivity contribution in [1.82, 2.24) is 39.8 Å². The Morgan fingerprint density at radius 3 is 2.82 bits per heavy atom. The number of amides is 2. The molecular weight excluding hydrogens is 589 g/mol. The molecule has 4 rings (SSSR count). The van der Waals surface area contributed by atoms with Crippen molar-refractivity contribution in [3.8, 4) is 0 Å². The molecule has 4 heterocycles. The highest BCUT2D eigenvalue weighted by molar-refractivity contribution is 8.01. The minimum absolute atomic E-state index is 0.0878. The monoisotopic (exact) mass is 606 g/mol. The number of fused-ring (bicyclic) bond motifs is 1. The third-order valence-electron chi connectivity index (χ3n) is 4.97. The number of thioether (sulfide) groups is 2. The topological polar surface area (TPSA) is 204 Å². The molecule has 0 bridgehead atoms. The van der Waals surface area contributed by atoms with Crippen molar-refractivity contribution in [3.63, 3.8) is 0 Å². The Morgan fingerprint density at radius 1 is 1.41 bits per heavy atom. The van der Waals surface area contributed by atoms with Gasteiger partial charge in [0.1, 0.15) is 17.1 Å². The fourth-order valence-corrected chi connectivity index (χ4v) is 6.18. The third-order valence-corrected chi connectivity index (χ3v) is 7.89. The van der Waals surface area contributed by atoms with E-state index in [9.17, 15) is 32.7 Å². The molecule has 0 aliphatic carbocycles. The lowest BCUT2D eigenvalue weighted by atomic mass is 10.0. The van der Waals surface area contributed by atoms with Crippen LogP contribution in [0.15, 0.2) is 34.2 Å². The maximum Gasteiger partial charge on any atom is 0.425 e. The van der Waals surface area contributed by atoms with Crippen LogP contribution >= 0.6 is 35.1 Å². The van der Waals surface area contributed by atoms with Gasteiger partial charge < -0.3 is 21.0 Å². The molecule has 0 saturated carbocycles. The Balaban J connectivity index is 1.48. The summed E-state index contributed by atoms with van der Waals surface area (Å²) in [6, 6.07) is -1.20. The zero-order chi connectivity index (χ0) is 28.3. The van der Waals surface area contributed by atoms with Crippen LogP contribution in [0.3, 0.4) is 0 Å². The molecule has 2 atom stereocenters. The number of hydrogen-bond acceptors (Lipinski definition) is 14. The maximum absolute atomic E-state index is 12.9. The highest BCUT2D eigenvalue weighted by Gasteiger charge is 2.54. The SMILES string of the molecule is C=CCn1nnnc1SCC1=C(C(=O)O)N2C(=O)C(NC(=O)C(=NOCC(F)(F)F)c3nsc(N)n3)[C@H]2SC1. The maximum atomic E-state index is 12.9. The van der Waals surface area contributed by atoms with Gasteiger partial charge in [-0.1, -0.05) is 23.0 Å². The van der Waals surface area contributed by atoms with Gasteiger partial charge in [-0.2, -0.15) is 22.5 Å². The quantitative estimate of drug-likeness (QED) is 0.102. The number of alkyl halides is 3. The number of nitrogens with one attached hydrogen (secondary N) is 1. The van der Waals surface area contributed by atoms with Gasteiger partial charge in [-0.15, -0.1) is 23.4 Å². The van der Waals surface area contributed by atoms with E-state index in [4.69, 9.17) is 5.73 Å². The number of nitrogen functional groups attached to an aromatic ring is 1. The first kappa shape index (κ1) is 28.3. The van der Waals surface area contributed by atoms with Crippen LogP contribution < -0.4 is 11.1 Å². The molecular formula is C18H17F3N10O5S3. The van der Waals surface area contributed by atoms with Gasteiger partial charge in [0.15, 0.2) is 5.13 Å². The van der Waals surface area contributed by atoms with Crippen molar-refractivity contribution >= 4 is 63.7 Å². The smallest absolute Gasteiger partial charge is 0.425 e. The lowest BCUT2D eigenvalue weighted by Gasteiger charge is -2.49. The molecule has 1 saturated heterocycles. The van der Waals surface area contributed by atoms with Gasteiger partial charge in [0.2, 0.25) is 23.3 Å². The Kier molecular flexibility index (Phi) is 8.39. The summed E-state index contributed by atoms with van der Waals surface area (Å²) in [5, 5.41) is 26.2. The van der Waals surface area contributed by atoms with Crippen molar-refractivity contribution in [2.24, 2.45) is 5.16 Å². The normalized spacial score (nSPS) is 19.4. The van der Waals surface area contributed by atoms with Crippen molar-refractivity contribution < 1.29 is 37.5 Å². The number of aliphatic carboxylic acids is 1. The van der Waals surface area contributed by atoms with Crippen molar-refractivity contribution in [2.75, 3.05) is 23.8 Å². The second-order valence-electron chi connectivity index (χ2n) is 7.62. The minimum atomic E-state index is -4.73. The Morgan fingerprint density at radius 2 is 2.18 bits per heavy atom. The molecule has 2 aromatic heterocycles. The number of carboxylic acids is 1. The summed E-state index contributed by atoms with van der Waals surface area (Å²) in [5.41, 5.74) is 4.96. The van der Waals surface area contributed by atoms with E-state index in [1.54, 1.807) is 6.08 Å². The first-order valence-corrected chi connectivity index (χ1v) is 13.4. The van der Waals surface area contributed by atoms with Crippen molar-refractivity contribution in [3.05, 3.63) is 29.7 Å². The van der Waals surface area contributed by atoms with Crippen LogP contribution in [0.25, 0.3) is 0 Å². The van der Waals surface area contributed by atoms with Gasteiger partial charge in [-0.05, 0) is 16.0 Å². The summed E-state index contributed by atoms with van der Waals surface area (Å²) in [5.74, 6) is -3.21. The molecule has 0 radical (unpaired) electrons. The van der Waals surface area contributed by atoms with Crippen LogP contribution in [0.5, 0.6) is 0 Å². The summed E-state index contributed by atoms with van der Waals surface area (Å²) in [6.45, 7) is 2.17. The van der Waals surface area contributed by atoms with Crippen LogP contribution in [-0.2, 0) is 25.8 Å². The molecule has 2 aromatic rings. The van der Waals surface area contributed by atoms with Crippen LogP contribution in [0.2, 0.25) is 0 Å². The lowest BCUT2D eigenvalue weighted by molar-refractivity contribution is -0.174. The molecule has 2 amide bonds. The molecule has 0 aromatic carbocycles. The van der Waals surface area contributed by atoms with Crippen LogP contribution in [0.1, 0.15) is 5.82 Å². The van der Waals surface area contributed by atoms with Crippen LogP contribution in [0.4, 0.5) is 18.3 Å². The van der Waals surface area contributed by atoms with Crippen molar-refractivity contribution in [1.29, 1.82) is 0 Å². The number of nitrogens with two attached hydrogens (primary N) is 1. The Labute approximate surface area is 228 Å². The predicted octanol–water partition coefficient (Wildman–Crippen LogP) is 0.107. The fraction of sp³-hybridized carbons (Fsp3) is 0.389. The summed E-state index contributed by atoms with van der Waals surface area (Å²) < 4.78 is 42.7. The van der Waals surface area contributed by atoms with E-state index < -0.39 is 53.5 Å². The molecule has 2 aliphatic rings. The fourth-order valence-electron chi connectivity index (χ4n) is 3.38. The number of aromatic nitrogens is 6. The highest BCUT2D eigenvalue weighted by atomic mass is 32.2. The van der Waals surface area contributed by atoms with Gasteiger partial charge in [-0.25, -0.2) is 9.48 Å². The number of rotatable bonds is 11. The second kappa shape index (κ2) is 11.6. The number of tetrazole rings is 1. The van der Waals surface area contributed by atoms with E-state index in [1.807, 2.05) is 0 Å². The van der Waals surface area contributed by atoms with Crippen LogP contribution in [0, 0.1) is 0 Å². The summed E-state index contributed by atoms with van der Waals surface area (Å²) in [4.78, 5) is 46.9. The molecule has 15 nitrogen and oxygen atoms in total. The standard InChI is InChI=1S/C18H17F3N10O5S3/c1-2-3-30-17(25-28-29-30)38-5-7-4-37-14-9(13(33)31(14)10(7)15(34)35)23-12(32)8(11-24-16(22)39-27-11)26-36-6-18(19,20)21/h2,9,14H,1,3-6H2,(H,23,32)(H,34,35)(H2,22,24,27)/t9?,14-/m1/s1. The van der Waals surface area contributed by atoms with Crippen molar-refractivity contribution in [2.45, 2.75) is 29.3 Å². The highest BCUT2D eigenvalue weighted by Crippen LogP contribution is 2.41. The molecule has 1 fully saturated rings. The number of allylic oxidation sites excluding steroid dienone is 1. The summed E-state index contributed by atoms with van der Waals surface area (Å²) >= 11 is 3.03. The molecule has 4 N–H and O–H groups in total. The number of hydrogen-bond donors (Lipinski definition) is 3. The Hall–Kier alpha value is -3.72. The van der Waals surface area contributed by atoms with Gasteiger partial charge in [0.05, 0.1) is 6.54 Å². The predicted molar refractivity (Wildman–Crippen MR) is 131 cm³/mol. The van der Waals surface area contributed by atoms with Gasteiger partial charge in [0, 0.05) is 23.0 Å². The first-order valence-electron chi connectivity index (χ1n) is 10.6. The lowest BCUT2D eigenvalue weighted by Crippen LogP contribution is -2.71. The number of β-lactam (4-membered cyclic amide) rings is 1. The molecule has 2 aliphatic heterocycles. The van der Waals surface area contributed by atoms with E-state index in [0.29, 0.717) is 28.8 Å². The molecule has 21 heteroatoms. The van der Waals surface area contributed by atoms with E-state index >= 15 is 0 Å². The number of nitrogens with zero attached hydrogens (tertiary/aromatic N) is 8. The number of carbonyl (C=O) groups excluding carboxylic acids is 2. The zero-order valence-electron chi connectivity index (χ0n) is 19.4. The minimum Gasteiger partial charge on any atom is -0.477 e. The van der Waals surface area contributed by atoms with Gasteiger partial charge in [-0.3, -0.25) is 14.5 Å². The number of oxime groups is 1. The first-order chi connectivity index (χ1) is 18.5. The molecule has 1 unspecified atom stereocenters. The number of carboxylic acid groups (broad SMARTS) is 1. The Bertz CT molecular complexity index is 1360. The average molecular weight is 607 g/mol. The number of halogens is 3. The van der Waals surface area contributed by atoms with E-state index in [1.165, 1.54) is 28.2 Å². The van der Waals surface area contributed by atoms with E-state index in [-0.39, 0.29) is 22.3 Å². The number of carbonyl (C=O) groups is 3. The van der Waals surface area contributed by atoms with E-state index in [0.717, 1.165) is 4.90 Å². The third kappa shape index (κ3) is 6.30. The molecule has 39 heavy (non-hydrogen) atoms. The van der Waals surface area contributed by atoms with E-state index in [2.05, 4.69) is 46.8 Å². The molecule has 208 valence electrons.